The van der Waals surface area contributed by atoms with E-state index in [0.717, 1.165) is 16.5 Å². The molecule has 2 aromatic carbocycles. The van der Waals surface area contributed by atoms with E-state index in [2.05, 4.69) is 4.98 Å². The van der Waals surface area contributed by atoms with E-state index in [1.807, 2.05) is 36.4 Å². The Balaban J connectivity index is 1.89. The summed E-state index contributed by atoms with van der Waals surface area (Å²) in [4.78, 5) is 17.0. The molecule has 1 aromatic heterocycles. The van der Waals surface area contributed by atoms with Crippen molar-refractivity contribution in [2.24, 2.45) is 5.73 Å². The lowest BCUT2D eigenvalue weighted by Gasteiger charge is -2.20. The van der Waals surface area contributed by atoms with E-state index in [9.17, 15) is 4.79 Å². The summed E-state index contributed by atoms with van der Waals surface area (Å²) < 4.78 is 0. The number of guanidine groups is 1. The minimum atomic E-state index is -0.342. The van der Waals surface area contributed by atoms with E-state index in [1.54, 1.807) is 18.2 Å². The van der Waals surface area contributed by atoms with Crippen LogP contribution in [-0.4, -0.2) is 21.8 Å². The molecule has 0 aliphatic rings. The van der Waals surface area contributed by atoms with Gasteiger partial charge in [0, 0.05) is 16.6 Å². The van der Waals surface area contributed by atoms with E-state index in [4.69, 9.17) is 16.9 Å². The molecule has 6 heteroatoms. The highest BCUT2D eigenvalue weighted by Crippen LogP contribution is 2.17. The lowest BCUT2D eigenvalue weighted by atomic mass is 10.2. The Kier molecular flexibility index (Phi) is 3.72. The highest BCUT2D eigenvalue weighted by molar-refractivity contribution is 6.05. The maximum Gasteiger partial charge on any atom is 0.277 e. The number of fused-ring (bicyclic) bond motifs is 1. The molecule has 116 valence electrons. The first-order chi connectivity index (χ1) is 11.0. The lowest BCUT2D eigenvalue weighted by molar-refractivity contribution is 0.0833. The fourth-order valence-corrected chi connectivity index (χ4v) is 2.41. The standard InChI is InChI=1S/C17H17N5O/c18-13-7-5-11(6-8-13)10-22(17(19)20)16(23)15-9-12-3-1-2-4-14(12)21-15/h1-9,21H,10,18H2,(H3,19,20). The Morgan fingerprint density at radius 1 is 1.13 bits per heavy atom. The van der Waals surface area contributed by atoms with Crippen LogP contribution in [0.15, 0.2) is 54.6 Å². The Morgan fingerprint density at radius 2 is 1.83 bits per heavy atom. The second-order valence-corrected chi connectivity index (χ2v) is 5.29. The molecule has 0 spiro atoms. The number of carbonyl (C=O) groups is 1. The topological polar surface area (TPSA) is 112 Å². The van der Waals surface area contributed by atoms with Crippen LogP contribution in [0.3, 0.4) is 0 Å². The van der Waals surface area contributed by atoms with Crippen LogP contribution in [0.2, 0.25) is 0 Å². The number of para-hydroxylation sites is 1. The summed E-state index contributed by atoms with van der Waals surface area (Å²) in [7, 11) is 0. The summed E-state index contributed by atoms with van der Waals surface area (Å²) in [6.45, 7) is 0.212. The minimum absolute atomic E-state index is 0.212. The van der Waals surface area contributed by atoms with Crippen molar-refractivity contribution in [2.75, 3.05) is 5.73 Å². The van der Waals surface area contributed by atoms with Gasteiger partial charge in [0.15, 0.2) is 5.96 Å². The van der Waals surface area contributed by atoms with Crippen LogP contribution in [0.25, 0.3) is 10.9 Å². The predicted octanol–water partition coefficient (Wildman–Crippen LogP) is 2.29. The molecule has 0 unspecified atom stereocenters. The number of nitrogens with one attached hydrogen (secondary N) is 2. The molecule has 23 heavy (non-hydrogen) atoms. The number of benzene rings is 2. The van der Waals surface area contributed by atoms with Gasteiger partial charge in [-0.2, -0.15) is 0 Å². The Morgan fingerprint density at radius 3 is 2.48 bits per heavy atom. The van der Waals surface area contributed by atoms with Crippen molar-refractivity contribution in [2.45, 2.75) is 6.54 Å². The normalized spacial score (nSPS) is 10.6. The summed E-state index contributed by atoms with van der Waals surface area (Å²) in [5.74, 6) is -0.643. The molecule has 3 aromatic rings. The molecule has 0 aliphatic heterocycles. The van der Waals surface area contributed by atoms with Gasteiger partial charge in [0.1, 0.15) is 5.69 Å². The van der Waals surface area contributed by atoms with Gasteiger partial charge in [0.05, 0.1) is 6.54 Å². The fourth-order valence-electron chi connectivity index (χ4n) is 2.41. The molecule has 0 atom stereocenters. The summed E-state index contributed by atoms with van der Waals surface area (Å²) in [5.41, 5.74) is 14.0. The molecule has 0 aliphatic carbocycles. The summed E-state index contributed by atoms with van der Waals surface area (Å²) in [6.07, 6.45) is 0. The van der Waals surface area contributed by atoms with Gasteiger partial charge in [-0.1, -0.05) is 30.3 Å². The van der Waals surface area contributed by atoms with Crippen molar-refractivity contribution in [1.29, 1.82) is 5.41 Å². The summed E-state index contributed by atoms with van der Waals surface area (Å²) in [6, 6.07) is 16.5. The summed E-state index contributed by atoms with van der Waals surface area (Å²) in [5, 5.41) is 8.64. The lowest BCUT2D eigenvalue weighted by Crippen LogP contribution is -2.40. The average Bonchev–Trinajstić information content (AvgIpc) is 2.97. The number of carbonyl (C=O) groups excluding carboxylic acids is 1. The first-order valence-electron chi connectivity index (χ1n) is 7.12. The highest BCUT2D eigenvalue weighted by atomic mass is 16.2. The number of aromatic amines is 1. The number of H-pyrrole nitrogens is 1. The van der Waals surface area contributed by atoms with Gasteiger partial charge >= 0.3 is 0 Å². The third-order valence-electron chi connectivity index (χ3n) is 3.62. The molecule has 6 nitrogen and oxygen atoms in total. The number of hydrogen-bond donors (Lipinski definition) is 4. The van der Waals surface area contributed by atoms with Gasteiger partial charge in [-0.25, -0.2) is 0 Å². The van der Waals surface area contributed by atoms with Crippen molar-refractivity contribution in [3.63, 3.8) is 0 Å². The Hall–Kier alpha value is -3.28. The molecule has 0 fully saturated rings. The van der Waals surface area contributed by atoms with Crippen LogP contribution in [-0.2, 0) is 6.54 Å². The van der Waals surface area contributed by atoms with Crippen molar-refractivity contribution in [3.05, 3.63) is 65.9 Å². The van der Waals surface area contributed by atoms with E-state index in [1.165, 1.54) is 4.90 Å². The molecule has 0 bridgehead atoms. The van der Waals surface area contributed by atoms with E-state index in [-0.39, 0.29) is 18.4 Å². The zero-order valence-corrected chi connectivity index (χ0v) is 12.4. The van der Waals surface area contributed by atoms with Crippen molar-refractivity contribution in [3.8, 4) is 0 Å². The van der Waals surface area contributed by atoms with Gasteiger partial charge in [-0.3, -0.25) is 15.1 Å². The number of nitrogens with zero attached hydrogens (tertiary/aromatic N) is 1. The Labute approximate surface area is 133 Å². The number of amides is 1. The fraction of sp³-hybridized carbons (Fsp3) is 0.0588. The van der Waals surface area contributed by atoms with Crippen LogP contribution in [0.5, 0.6) is 0 Å². The molecular weight excluding hydrogens is 290 g/mol. The van der Waals surface area contributed by atoms with Crippen molar-refractivity contribution < 1.29 is 4.79 Å². The number of nitrogens with two attached hydrogens (primary N) is 2. The number of anilines is 1. The second-order valence-electron chi connectivity index (χ2n) is 5.29. The van der Waals surface area contributed by atoms with E-state index >= 15 is 0 Å². The minimum Gasteiger partial charge on any atom is -0.399 e. The molecule has 0 saturated heterocycles. The van der Waals surface area contributed by atoms with Crippen LogP contribution in [0.1, 0.15) is 16.1 Å². The second kappa shape index (κ2) is 5.84. The van der Waals surface area contributed by atoms with Gasteiger partial charge in [0.2, 0.25) is 0 Å². The van der Waals surface area contributed by atoms with Gasteiger partial charge in [-0.05, 0) is 29.8 Å². The zero-order chi connectivity index (χ0) is 16.4. The molecule has 6 N–H and O–H groups in total. The maximum absolute atomic E-state index is 12.7. The summed E-state index contributed by atoms with van der Waals surface area (Å²) >= 11 is 0. The van der Waals surface area contributed by atoms with E-state index < -0.39 is 0 Å². The zero-order valence-electron chi connectivity index (χ0n) is 12.4. The van der Waals surface area contributed by atoms with Crippen molar-refractivity contribution in [1.82, 2.24) is 9.88 Å². The largest absolute Gasteiger partial charge is 0.399 e. The average molecular weight is 307 g/mol. The van der Waals surface area contributed by atoms with Gasteiger partial charge in [-0.15, -0.1) is 0 Å². The third kappa shape index (κ3) is 3.01. The first-order valence-corrected chi connectivity index (χ1v) is 7.12. The molecule has 0 radical (unpaired) electrons. The van der Waals surface area contributed by atoms with Crippen LogP contribution < -0.4 is 11.5 Å². The monoisotopic (exact) mass is 307 g/mol. The molecule has 1 heterocycles. The van der Waals surface area contributed by atoms with Crippen LogP contribution in [0.4, 0.5) is 5.69 Å². The first kappa shape index (κ1) is 14.6. The number of hydrogen-bond acceptors (Lipinski definition) is 3. The van der Waals surface area contributed by atoms with Gasteiger partial charge < -0.3 is 16.5 Å². The Bertz CT molecular complexity index is 833. The molecule has 3 rings (SSSR count). The third-order valence-corrected chi connectivity index (χ3v) is 3.62. The highest BCUT2D eigenvalue weighted by Gasteiger charge is 2.20. The van der Waals surface area contributed by atoms with Crippen molar-refractivity contribution >= 4 is 28.5 Å². The number of rotatable bonds is 3. The predicted molar refractivity (Wildman–Crippen MR) is 90.9 cm³/mol. The smallest absolute Gasteiger partial charge is 0.277 e. The maximum atomic E-state index is 12.7. The quantitative estimate of drug-likeness (QED) is 0.338. The molecular formula is C17H17N5O. The van der Waals surface area contributed by atoms with Crippen LogP contribution in [0, 0.1) is 5.41 Å². The molecule has 0 saturated carbocycles. The SMILES string of the molecule is N=C(N)N(Cc1ccc(N)cc1)C(=O)c1cc2ccccc2[nH]1. The van der Waals surface area contributed by atoms with Crippen LogP contribution >= 0.6 is 0 Å². The van der Waals surface area contributed by atoms with E-state index in [0.29, 0.717) is 11.4 Å². The number of nitrogen functional groups attached to an aromatic ring is 1. The van der Waals surface area contributed by atoms with Gasteiger partial charge in [0.25, 0.3) is 5.91 Å². The number of aromatic nitrogens is 1. The molecule has 1 amide bonds.